The van der Waals surface area contributed by atoms with Crippen molar-refractivity contribution < 1.29 is 32.3 Å². The van der Waals surface area contributed by atoms with Gasteiger partial charge in [0.15, 0.2) is 20.4 Å². The molecular weight excluding hydrogens is 364 g/mol. The Kier molecular flexibility index (Phi) is 5.56. The standard InChI is InChI=1S/C16H16N2O7S/c1-10(19)18-13(15(20)24-2)14(16(21)25-3)26(22,23)9-12(17-18)11-7-5-4-6-8-11/h4-8H,9H2,1-3H3. The van der Waals surface area contributed by atoms with Crippen LogP contribution in [-0.4, -0.2) is 57.0 Å². The molecule has 1 aliphatic rings. The normalized spacial score (nSPS) is 16.4. The van der Waals surface area contributed by atoms with E-state index in [1.165, 1.54) is 0 Å². The lowest BCUT2D eigenvalue weighted by Crippen LogP contribution is -2.32. The lowest BCUT2D eigenvalue weighted by atomic mass is 10.1. The Morgan fingerprint density at radius 3 is 2.12 bits per heavy atom. The fourth-order valence-corrected chi connectivity index (χ4v) is 3.82. The molecule has 9 nitrogen and oxygen atoms in total. The van der Waals surface area contributed by atoms with Crippen molar-refractivity contribution in [2.45, 2.75) is 6.92 Å². The predicted molar refractivity (Wildman–Crippen MR) is 90.3 cm³/mol. The molecule has 1 amide bonds. The van der Waals surface area contributed by atoms with Crippen molar-refractivity contribution in [3.8, 4) is 0 Å². The molecular formula is C16H16N2O7S. The van der Waals surface area contributed by atoms with Crippen molar-refractivity contribution in [2.75, 3.05) is 20.0 Å². The summed E-state index contributed by atoms with van der Waals surface area (Å²) in [6, 6.07) is 8.21. The van der Waals surface area contributed by atoms with E-state index in [1.807, 2.05) is 0 Å². The van der Waals surface area contributed by atoms with E-state index in [0.29, 0.717) is 10.6 Å². The Morgan fingerprint density at radius 1 is 1.04 bits per heavy atom. The molecule has 26 heavy (non-hydrogen) atoms. The van der Waals surface area contributed by atoms with Crippen molar-refractivity contribution in [3.63, 3.8) is 0 Å². The number of hydrazone groups is 1. The SMILES string of the molecule is COC(=O)C1=C(C(=O)OC)S(=O)(=O)CC(c2ccccc2)=NN1C(C)=O. The second-order valence-corrected chi connectivity index (χ2v) is 7.09. The first-order valence-electron chi connectivity index (χ1n) is 7.30. The molecule has 0 N–H and O–H groups in total. The maximum atomic E-state index is 12.8. The van der Waals surface area contributed by atoms with Crippen molar-refractivity contribution in [1.29, 1.82) is 0 Å². The van der Waals surface area contributed by atoms with Crippen LogP contribution in [-0.2, 0) is 33.7 Å². The van der Waals surface area contributed by atoms with Crippen LogP contribution >= 0.6 is 0 Å². The summed E-state index contributed by atoms with van der Waals surface area (Å²) in [7, 11) is -2.41. The van der Waals surface area contributed by atoms with Gasteiger partial charge in [0, 0.05) is 6.92 Å². The zero-order valence-corrected chi connectivity index (χ0v) is 15.1. The first-order valence-corrected chi connectivity index (χ1v) is 8.95. The summed E-state index contributed by atoms with van der Waals surface area (Å²) in [5.74, 6) is -3.98. The van der Waals surface area contributed by atoms with E-state index >= 15 is 0 Å². The quantitative estimate of drug-likeness (QED) is 0.688. The molecule has 10 heteroatoms. The molecule has 0 saturated carbocycles. The fraction of sp³-hybridized carbons (Fsp3) is 0.250. The maximum absolute atomic E-state index is 12.8. The number of ether oxygens (including phenoxy) is 2. The van der Waals surface area contributed by atoms with Crippen LogP contribution in [0.3, 0.4) is 0 Å². The number of amides is 1. The molecule has 0 radical (unpaired) electrons. The van der Waals surface area contributed by atoms with Crippen LogP contribution in [0.4, 0.5) is 0 Å². The molecule has 0 unspecified atom stereocenters. The molecule has 138 valence electrons. The fourth-order valence-electron chi connectivity index (χ4n) is 2.29. The molecule has 1 aliphatic heterocycles. The first kappa shape index (κ1) is 19.3. The highest BCUT2D eigenvalue weighted by molar-refractivity contribution is 7.97. The van der Waals surface area contributed by atoms with Gasteiger partial charge in [-0.2, -0.15) is 10.1 Å². The number of hydrogen-bond donors (Lipinski definition) is 0. The van der Waals surface area contributed by atoms with Gasteiger partial charge in [0.1, 0.15) is 0 Å². The molecule has 0 atom stereocenters. The minimum Gasteiger partial charge on any atom is -0.465 e. The van der Waals surface area contributed by atoms with Crippen molar-refractivity contribution >= 4 is 33.4 Å². The van der Waals surface area contributed by atoms with Crippen LogP contribution in [0.2, 0.25) is 0 Å². The molecule has 0 aliphatic carbocycles. The molecule has 1 aromatic rings. The number of rotatable bonds is 3. The van der Waals surface area contributed by atoms with Gasteiger partial charge in [-0.25, -0.2) is 18.0 Å². The largest absolute Gasteiger partial charge is 0.465 e. The van der Waals surface area contributed by atoms with Gasteiger partial charge < -0.3 is 9.47 Å². The molecule has 1 heterocycles. The number of sulfone groups is 1. The van der Waals surface area contributed by atoms with Crippen molar-refractivity contribution in [3.05, 3.63) is 46.5 Å². The van der Waals surface area contributed by atoms with Gasteiger partial charge in [-0.3, -0.25) is 4.79 Å². The van der Waals surface area contributed by atoms with Crippen molar-refractivity contribution in [2.24, 2.45) is 5.10 Å². The van der Waals surface area contributed by atoms with E-state index in [1.54, 1.807) is 30.3 Å². The predicted octanol–water partition coefficient (Wildman–Crippen LogP) is 0.225. The summed E-state index contributed by atoms with van der Waals surface area (Å²) in [5.41, 5.74) is -0.406. The Bertz CT molecular complexity index is 917. The van der Waals surface area contributed by atoms with Gasteiger partial charge in [-0.05, 0) is 5.56 Å². The summed E-state index contributed by atoms with van der Waals surface area (Å²) >= 11 is 0. The first-order chi connectivity index (χ1) is 12.2. The highest BCUT2D eigenvalue weighted by atomic mass is 32.2. The molecule has 1 aromatic carbocycles. The minimum absolute atomic E-state index is 0.0129. The smallest absolute Gasteiger partial charge is 0.358 e. The van der Waals surface area contributed by atoms with E-state index in [2.05, 4.69) is 14.6 Å². The number of methoxy groups -OCH3 is 2. The molecule has 0 fully saturated rings. The van der Waals surface area contributed by atoms with Gasteiger partial charge in [0.25, 0.3) is 0 Å². The van der Waals surface area contributed by atoms with E-state index in [0.717, 1.165) is 21.1 Å². The Hall–Kier alpha value is -3.01. The van der Waals surface area contributed by atoms with Crippen LogP contribution < -0.4 is 0 Å². The van der Waals surface area contributed by atoms with Gasteiger partial charge >= 0.3 is 11.9 Å². The molecule has 2 rings (SSSR count). The summed E-state index contributed by atoms with van der Waals surface area (Å²) in [4.78, 5) is 35.4. The zero-order chi connectivity index (χ0) is 19.5. The van der Waals surface area contributed by atoms with Gasteiger partial charge in [0.2, 0.25) is 5.91 Å². The molecule has 0 spiro atoms. The van der Waals surface area contributed by atoms with Crippen molar-refractivity contribution in [1.82, 2.24) is 5.01 Å². The minimum atomic E-state index is -4.36. The highest BCUT2D eigenvalue weighted by Gasteiger charge is 2.41. The lowest BCUT2D eigenvalue weighted by molar-refractivity contribution is -0.142. The molecule has 0 bridgehead atoms. The summed E-state index contributed by atoms with van der Waals surface area (Å²) in [6.45, 7) is 1.07. The van der Waals surface area contributed by atoms with E-state index in [-0.39, 0.29) is 5.71 Å². The summed E-state index contributed by atoms with van der Waals surface area (Å²) < 4.78 is 34.7. The number of carbonyl (C=O) groups excluding carboxylic acids is 3. The van der Waals surface area contributed by atoms with Gasteiger partial charge in [-0.1, -0.05) is 30.3 Å². The molecule has 0 saturated heterocycles. The Morgan fingerprint density at radius 2 is 1.62 bits per heavy atom. The van der Waals surface area contributed by atoms with E-state index in [9.17, 15) is 22.8 Å². The van der Waals surface area contributed by atoms with Crippen LogP contribution in [0.25, 0.3) is 0 Å². The molecule has 0 aromatic heterocycles. The van der Waals surface area contributed by atoms with Crippen LogP contribution in [0, 0.1) is 0 Å². The van der Waals surface area contributed by atoms with Crippen LogP contribution in [0.15, 0.2) is 46.0 Å². The Balaban J connectivity index is 2.82. The van der Waals surface area contributed by atoms with E-state index < -0.39 is 44.0 Å². The second-order valence-electron chi connectivity index (χ2n) is 5.16. The van der Waals surface area contributed by atoms with Gasteiger partial charge in [-0.15, -0.1) is 0 Å². The highest BCUT2D eigenvalue weighted by Crippen LogP contribution is 2.25. The third kappa shape index (κ3) is 3.64. The third-order valence-corrected chi connectivity index (χ3v) is 5.08. The van der Waals surface area contributed by atoms with Gasteiger partial charge in [0.05, 0.1) is 25.7 Å². The number of esters is 2. The van der Waals surface area contributed by atoms with Crippen LogP contribution in [0.1, 0.15) is 12.5 Å². The zero-order valence-electron chi connectivity index (χ0n) is 14.3. The monoisotopic (exact) mass is 380 g/mol. The Labute approximate surface area is 149 Å². The summed E-state index contributed by atoms with van der Waals surface area (Å²) in [6.07, 6.45) is 0. The number of nitrogens with zero attached hydrogens (tertiary/aromatic N) is 2. The van der Waals surface area contributed by atoms with E-state index in [4.69, 9.17) is 0 Å². The number of benzene rings is 1. The lowest BCUT2D eigenvalue weighted by Gasteiger charge is -2.17. The average molecular weight is 380 g/mol. The summed E-state index contributed by atoms with van der Waals surface area (Å²) in [5, 5.41) is 4.56. The van der Waals surface area contributed by atoms with Crippen LogP contribution in [0.5, 0.6) is 0 Å². The second kappa shape index (κ2) is 7.48. The third-order valence-electron chi connectivity index (χ3n) is 3.44. The maximum Gasteiger partial charge on any atom is 0.358 e. The topological polar surface area (TPSA) is 119 Å². The number of hydrogen-bond acceptors (Lipinski definition) is 8. The average Bonchev–Trinajstić information content (AvgIpc) is 2.74. The number of carbonyl (C=O) groups is 3.